The van der Waals surface area contributed by atoms with Crippen LogP contribution in [0.4, 0.5) is 26.3 Å². The van der Waals surface area contributed by atoms with Crippen molar-refractivity contribution in [1.82, 2.24) is 0 Å². The van der Waals surface area contributed by atoms with Gasteiger partial charge in [-0.2, -0.15) is 13.2 Å². The van der Waals surface area contributed by atoms with Crippen LogP contribution in [0.5, 0.6) is 0 Å². The van der Waals surface area contributed by atoms with Crippen molar-refractivity contribution in [3.8, 4) is 0 Å². The lowest BCUT2D eigenvalue weighted by Gasteiger charge is -2.09. The van der Waals surface area contributed by atoms with Gasteiger partial charge in [0.25, 0.3) is 0 Å². The summed E-state index contributed by atoms with van der Waals surface area (Å²) in [4.78, 5) is 11.9. The highest BCUT2D eigenvalue weighted by Crippen LogP contribution is 2.31. The molecule has 110 valence electrons. The molecule has 0 aromatic heterocycles. The Hall–Kier alpha value is -2.31. The SMILES string of the molecule is O=C(c1ccc(F)c(F)c1)c1ccc(C(F)(F)F)c(F)c1. The molecule has 1 nitrogen and oxygen atoms in total. The van der Waals surface area contributed by atoms with E-state index in [-0.39, 0.29) is 5.56 Å². The molecule has 0 aliphatic carbocycles. The fourth-order valence-electron chi connectivity index (χ4n) is 1.69. The zero-order valence-electron chi connectivity index (χ0n) is 10.1. The molecule has 0 saturated heterocycles. The van der Waals surface area contributed by atoms with Gasteiger partial charge in [-0.1, -0.05) is 6.07 Å². The minimum atomic E-state index is -4.88. The van der Waals surface area contributed by atoms with Crippen molar-refractivity contribution in [2.75, 3.05) is 0 Å². The van der Waals surface area contributed by atoms with Crippen LogP contribution in [0, 0.1) is 17.5 Å². The molecule has 7 heteroatoms. The molecule has 0 heterocycles. The molecule has 0 fully saturated rings. The zero-order valence-corrected chi connectivity index (χ0v) is 10.1. The van der Waals surface area contributed by atoms with Crippen LogP contribution in [0.3, 0.4) is 0 Å². The standard InChI is InChI=1S/C14H6F6O/c15-10-4-2-8(6-12(10)17)13(21)7-1-3-9(11(16)5-7)14(18,19)20/h1-6H. The molecule has 0 saturated carbocycles. The number of benzene rings is 2. The maximum atomic E-state index is 13.4. The first-order chi connectivity index (χ1) is 9.70. The molecule has 0 aliphatic heterocycles. The van der Waals surface area contributed by atoms with Crippen molar-refractivity contribution < 1.29 is 31.1 Å². The van der Waals surface area contributed by atoms with Crippen molar-refractivity contribution in [3.05, 3.63) is 70.5 Å². The number of carbonyl (C=O) groups excluding carboxylic acids is 1. The Bertz CT molecular complexity index is 705. The van der Waals surface area contributed by atoms with Gasteiger partial charge < -0.3 is 0 Å². The summed E-state index contributed by atoms with van der Waals surface area (Å²) in [5.74, 6) is -4.99. The Morgan fingerprint density at radius 2 is 1.29 bits per heavy atom. The van der Waals surface area contributed by atoms with E-state index >= 15 is 0 Å². The van der Waals surface area contributed by atoms with Gasteiger partial charge in [-0.15, -0.1) is 0 Å². The van der Waals surface area contributed by atoms with E-state index in [1.807, 2.05) is 0 Å². The fraction of sp³-hybridized carbons (Fsp3) is 0.0714. The van der Waals surface area contributed by atoms with Crippen LogP contribution in [-0.2, 0) is 6.18 Å². The maximum Gasteiger partial charge on any atom is 0.419 e. The highest BCUT2D eigenvalue weighted by molar-refractivity contribution is 6.09. The molecule has 0 unspecified atom stereocenters. The molecule has 0 spiro atoms. The quantitative estimate of drug-likeness (QED) is 0.595. The first-order valence-corrected chi connectivity index (χ1v) is 5.56. The third kappa shape index (κ3) is 3.07. The van der Waals surface area contributed by atoms with Crippen LogP contribution in [-0.4, -0.2) is 5.78 Å². The van der Waals surface area contributed by atoms with E-state index < -0.39 is 40.5 Å². The number of hydrogen-bond donors (Lipinski definition) is 0. The van der Waals surface area contributed by atoms with Crippen LogP contribution in [0.15, 0.2) is 36.4 Å². The molecular formula is C14H6F6O. The third-order valence-corrected chi connectivity index (χ3v) is 2.72. The van der Waals surface area contributed by atoms with Crippen LogP contribution >= 0.6 is 0 Å². The molecular weight excluding hydrogens is 298 g/mol. The number of hydrogen-bond acceptors (Lipinski definition) is 1. The molecule has 2 aromatic rings. The van der Waals surface area contributed by atoms with E-state index in [9.17, 15) is 31.1 Å². The third-order valence-electron chi connectivity index (χ3n) is 2.72. The highest BCUT2D eigenvalue weighted by atomic mass is 19.4. The van der Waals surface area contributed by atoms with Crippen molar-refractivity contribution >= 4 is 5.78 Å². The summed E-state index contributed by atoms with van der Waals surface area (Å²) in [5, 5.41) is 0. The molecule has 0 bridgehead atoms. The second kappa shape index (κ2) is 5.23. The van der Waals surface area contributed by atoms with Gasteiger partial charge in [-0.05, 0) is 30.3 Å². The van der Waals surface area contributed by atoms with Crippen LogP contribution < -0.4 is 0 Å². The number of halogens is 6. The number of carbonyl (C=O) groups is 1. The summed E-state index contributed by atoms with van der Waals surface area (Å²) in [6.07, 6.45) is -4.88. The van der Waals surface area contributed by atoms with Gasteiger partial charge in [-0.25, -0.2) is 13.2 Å². The number of rotatable bonds is 2. The van der Waals surface area contributed by atoms with E-state index in [4.69, 9.17) is 0 Å². The van der Waals surface area contributed by atoms with Gasteiger partial charge in [-0.3, -0.25) is 4.79 Å². The Morgan fingerprint density at radius 3 is 1.76 bits per heavy atom. The largest absolute Gasteiger partial charge is 0.419 e. The average molecular weight is 304 g/mol. The molecule has 2 rings (SSSR count). The summed E-state index contributed by atoms with van der Waals surface area (Å²) in [6, 6.07) is 3.84. The normalized spacial score (nSPS) is 11.5. The topological polar surface area (TPSA) is 17.1 Å². The van der Waals surface area contributed by atoms with Crippen LogP contribution in [0.2, 0.25) is 0 Å². The van der Waals surface area contributed by atoms with E-state index in [1.165, 1.54) is 0 Å². The summed E-state index contributed by atoms with van der Waals surface area (Å²) in [7, 11) is 0. The predicted molar refractivity (Wildman–Crippen MR) is 61.2 cm³/mol. The first-order valence-electron chi connectivity index (χ1n) is 5.56. The van der Waals surface area contributed by atoms with Gasteiger partial charge in [0.1, 0.15) is 5.82 Å². The molecule has 0 amide bonds. The molecule has 0 atom stereocenters. The molecule has 2 aromatic carbocycles. The smallest absolute Gasteiger partial charge is 0.289 e. The van der Waals surface area contributed by atoms with E-state index in [2.05, 4.69) is 0 Å². The summed E-state index contributed by atoms with van der Waals surface area (Å²) in [5.41, 5.74) is -2.20. The van der Waals surface area contributed by atoms with E-state index in [1.54, 1.807) is 0 Å². The Kier molecular flexibility index (Phi) is 3.76. The zero-order chi connectivity index (χ0) is 15.8. The first kappa shape index (κ1) is 15.1. The summed E-state index contributed by atoms with van der Waals surface area (Å²) < 4.78 is 76.3. The minimum Gasteiger partial charge on any atom is -0.289 e. The second-order valence-electron chi connectivity index (χ2n) is 4.15. The molecule has 0 radical (unpaired) electrons. The van der Waals surface area contributed by atoms with Gasteiger partial charge >= 0.3 is 6.18 Å². The molecule has 0 N–H and O–H groups in total. The molecule has 0 aliphatic rings. The highest BCUT2D eigenvalue weighted by Gasteiger charge is 2.34. The van der Waals surface area contributed by atoms with Crippen molar-refractivity contribution in [2.45, 2.75) is 6.18 Å². The Labute approximate surface area is 114 Å². The van der Waals surface area contributed by atoms with Crippen molar-refractivity contribution in [3.63, 3.8) is 0 Å². The van der Waals surface area contributed by atoms with Gasteiger partial charge in [0.2, 0.25) is 0 Å². The van der Waals surface area contributed by atoms with Crippen LogP contribution in [0.25, 0.3) is 0 Å². The predicted octanol–water partition coefficient (Wildman–Crippen LogP) is 4.35. The van der Waals surface area contributed by atoms with Gasteiger partial charge in [0.15, 0.2) is 17.4 Å². The second-order valence-corrected chi connectivity index (χ2v) is 4.15. The van der Waals surface area contributed by atoms with Gasteiger partial charge in [0, 0.05) is 11.1 Å². The van der Waals surface area contributed by atoms with Crippen molar-refractivity contribution in [1.29, 1.82) is 0 Å². The number of alkyl halides is 3. The average Bonchev–Trinajstić information content (AvgIpc) is 2.39. The lowest BCUT2D eigenvalue weighted by molar-refractivity contribution is -0.140. The maximum absolute atomic E-state index is 13.4. The Balaban J connectivity index is 2.40. The Morgan fingerprint density at radius 1 is 0.762 bits per heavy atom. The lowest BCUT2D eigenvalue weighted by atomic mass is 10.0. The van der Waals surface area contributed by atoms with E-state index in [0.29, 0.717) is 24.3 Å². The van der Waals surface area contributed by atoms with Crippen LogP contribution in [0.1, 0.15) is 21.5 Å². The monoisotopic (exact) mass is 304 g/mol. The molecule has 21 heavy (non-hydrogen) atoms. The summed E-state index contributed by atoms with van der Waals surface area (Å²) >= 11 is 0. The number of ketones is 1. The minimum absolute atomic E-state index is 0.298. The van der Waals surface area contributed by atoms with E-state index in [0.717, 1.165) is 12.1 Å². The van der Waals surface area contributed by atoms with Gasteiger partial charge in [0.05, 0.1) is 5.56 Å². The lowest BCUT2D eigenvalue weighted by Crippen LogP contribution is -2.10. The van der Waals surface area contributed by atoms with Crippen molar-refractivity contribution in [2.24, 2.45) is 0 Å². The summed E-state index contributed by atoms with van der Waals surface area (Å²) in [6.45, 7) is 0. The fourth-order valence-corrected chi connectivity index (χ4v) is 1.69.